The van der Waals surface area contributed by atoms with Crippen LogP contribution in [0.25, 0.3) is 10.9 Å². The first-order chi connectivity index (χ1) is 10.6. The van der Waals surface area contributed by atoms with Crippen molar-refractivity contribution < 1.29 is 4.39 Å². The molecule has 1 aromatic heterocycles. The summed E-state index contributed by atoms with van der Waals surface area (Å²) in [6.07, 6.45) is 0. The maximum atomic E-state index is 13.8. The summed E-state index contributed by atoms with van der Waals surface area (Å²) in [7, 11) is 1.68. The summed E-state index contributed by atoms with van der Waals surface area (Å²) in [6.45, 7) is 0. The van der Waals surface area contributed by atoms with E-state index in [0.717, 1.165) is 4.47 Å². The average molecular weight is 379 g/mol. The van der Waals surface area contributed by atoms with E-state index in [1.807, 2.05) is 12.1 Å². The molecule has 0 amide bonds. The van der Waals surface area contributed by atoms with Gasteiger partial charge in [0.25, 0.3) is 5.56 Å². The first kappa shape index (κ1) is 15.2. The van der Waals surface area contributed by atoms with E-state index in [0.29, 0.717) is 27.4 Å². The Bertz CT molecular complexity index is 910. The number of hydrogen-bond donors (Lipinski definition) is 0. The molecule has 0 unspecified atom stereocenters. The van der Waals surface area contributed by atoms with Crippen molar-refractivity contribution in [3.8, 4) is 0 Å². The van der Waals surface area contributed by atoms with Gasteiger partial charge >= 0.3 is 0 Å². The monoisotopic (exact) mass is 378 g/mol. The van der Waals surface area contributed by atoms with Crippen LogP contribution in [0.5, 0.6) is 0 Å². The molecule has 112 valence electrons. The van der Waals surface area contributed by atoms with Crippen LogP contribution in [0.1, 0.15) is 5.56 Å². The van der Waals surface area contributed by atoms with Crippen LogP contribution in [0.3, 0.4) is 0 Å². The first-order valence-corrected chi connectivity index (χ1v) is 8.36. The van der Waals surface area contributed by atoms with Crippen LogP contribution >= 0.6 is 27.7 Å². The van der Waals surface area contributed by atoms with Crippen LogP contribution in [0.15, 0.2) is 56.9 Å². The van der Waals surface area contributed by atoms with E-state index in [1.54, 1.807) is 31.3 Å². The van der Waals surface area contributed by atoms with Gasteiger partial charge in [-0.1, -0.05) is 39.8 Å². The molecule has 0 atom stereocenters. The molecule has 6 heteroatoms. The minimum absolute atomic E-state index is 0.0946. The van der Waals surface area contributed by atoms with Crippen LogP contribution in [0, 0.1) is 5.82 Å². The van der Waals surface area contributed by atoms with E-state index in [-0.39, 0.29) is 11.4 Å². The Morgan fingerprint density at radius 3 is 2.86 bits per heavy atom. The molecule has 3 nitrogen and oxygen atoms in total. The van der Waals surface area contributed by atoms with Gasteiger partial charge < -0.3 is 0 Å². The molecular weight excluding hydrogens is 367 g/mol. The molecule has 2 aromatic carbocycles. The third-order valence-corrected chi connectivity index (χ3v) is 4.88. The van der Waals surface area contributed by atoms with Gasteiger partial charge in [-0.25, -0.2) is 9.37 Å². The highest BCUT2D eigenvalue weighted by Crippen LogP contribution is 2.25. The number of aromatic nitrogens is 2. The molecule has 0 N–H and O–H groups in total. The van der Waals surface area contributed by atoms with E-state index in [9.17, 15) is 9.18 Å². The van der Waals surface area contributed by atoms with E-state index in [1.165, 1.54) is 22.4 Å². The van der Waals surface area contributed by atoms with Crippen LogP contribution in [-0.4, -0.2) is 9.55 Å². The number of nitrogens with zero attached hydrogens (tertiary/aromatic N) is 2. The predicted octanol–water partition coefficient (Wildman–Crippen LogP) is 4.13. The van der Waals surface area contributed by atoms with E-state index >= 15 is 0 Å². The lowest BCUT2D eigenvalue weighted by molar-refractivity contribution is 0.616. The molecule has 0 aliphatic carbocycles. The predicted molar refractivity (Wildman–Crippen MR) is 90.6 cm³/mol. The molecule has 1 heterocycles. The fraction of sp³-hybridized carbons (Fsp3) is 0.125. The summed E-state index contributed by atoms with van der Waals surface area (Å²) < 4.78 is 16.1. The SMILES string of the molecule is Cn1c(SCc2cc(Br)ccc2F)nc2ccccc2c1=O. The highest BCUT2D eigenvalue weighted by atomic mass is 79.9. The summed E-state index contributed by atoms with van der Waals surface area (Å²) in [6, 6.07) is 12.0. The number of fused-ring (bicyclic) bond motifs is 1. The minimum atomic E-state index is -0.263. The topological polar surface area (TPSA) is 34.9 Å². The lowest BCUT2D eigenvalue weighted by Gasteiger charge is -2.09. The van der Waals surface area contributed by atoms with Crippen molar-refractivity contribution in [1.82, 2.24) is 9.55 Å². The Morgan fingerprint density at radius 1 is 1.27 bits per heavy atom. The van der Waals surface area contributed by atoms with Gasteiger partial charge in [0.1, 0.15) is 5.82 Å². The van der Waals surface area contributed by atoms with E-state index < -0.39 is 0 Å². The van der Waals surface area contributed by atoms with Gasteiger partial charge in [0.15, 0.2) is 5.16 Å². The van der Waals surface area contributed by atoms with Gasteiger partial charge in [0, 0.05) is 17.3 Å². The summed E-state index contributed by atoms with van der Waals surface area (Å²) in [5.74, 6) is 0.144. The third kappa shape index (κ3) is 2.94. The number of thioether (sulfide) groups is 1. The Hall–Kier alpha value is -1.66. The number of para-hydroxylation sites is 1. The van der Waals surface area contributed by atoms with Crippen molar-refractivity contribution in [1.29, 1.82) is 0 Å². The second-order valence-corrected chi connectivity index (χ2v) is 6.66. The molecular formula is C16H12BrFN2OS. The largest absolute Gasteiger partial charge is 0.290 e. The quantitative estimate of drug-likeness (QED) is 0.507. The molecule has 3 rings (SSSR count). The lowest BCUT2D eigenvalue weighted by Crippen LogP contribution is -2.19. The third-order valence-electron chi connectivity index (χ3n) is 3.31. The highest BCUT2D eigenvalue weighted by molar-refractivity contribution is 9.10. The van der Waals surface area contributed by atoms with E-state index in [2.05, 4.69) is 20.9 Å². The van der Waals surface area contributed by atoms with Crippen LogP contribution < -0.4 is 5.56 Å². The second kappa shape index (κ2) is 6.22. The number of benzene rings is 2. The molecule has 0 radical (unpaired) electrons. The van der Waals surface area contributed by atoms with Gasteiger partial charge in [-0.15, -0.1) is 0 Å². The van der Waals surface area contributed by atoms with Crippen LogP contribution in [0.4, 0.5) is 4.39 Å². The average Bonchev–Trinajstić information content (AvgIpc) is 2.52. The molecule has 0 spiro atoms. The number of hydrogen-bond acceptors (Lipinski definition) is 3. The Kier molecular flexibility index (Phi) is 4.31. The zero-order chi connectivity index (χ0) is 15.7. The lowest BCUT2D eigenvalue weighted by atomic mass is 10.2. The molecule has 0 saturated heterocycles. The van der Waals surface area contributed by atoms with Gasteiger partial charge in [-0.2, -0.15) is 0 Å². The maximum absolute atomic E-state index is 13.8. The van der Waals surface area contributed by atoms with Crippen LogP contribution in [0.2, 0.25) is 0 Å². The Morgan fingerprint density at radius 2 is 2.05 bits per heavy atom. The Labute approximate surface area is 139 Å². The van der Waals surface area contributed by atoms with Gasteiger partial charge in [-0.05, 0) is 35.9 Å². The minimum Gasteiger partial charge on any atom is -0.290 e. The van der Waals surface area contributed by atoms with Crippen molar-refractivity contribution in [2.45, 2.75) is 10.9 Å². The van der Waals surface area contributed by atoms with E-state index in [4.69, 9.17) is 0 Å². The van der Waals surface area contributed by atoms with Gasteiger partial charge in [-0.3, -0.25) is 9.36 Å². The van der Waals surface area contributed by atoms with Crippen molar-refractivity contribution in [3.05, 3.63) is 68.7 Å². The van der Waals surface area contributed by atoms with Crippen molar-refractivity contribution in [2.75, 3.05) is 0 Å². The Balaban J connectivity index is 1.96. The zero-order valence-electron chi connectivity index (χ0n) is 11.7. The number of halogens is 2. The molecule has 0 fully saturated rings. The smallest absolute Gasteiger partial charge is 0.261 e. The summed E-state index contributed by atoms with van der Waals surface area (Å²) in [4.78, 5) is 16.8. The summed E-state index contributed by atoms with van der Waals surface area (Å²) in [5.41, 5.74) is 1.13. The first-order valence-electron chi connectivity index (χ1n) is 6.59. The highest BCUT2D eigenvalue weighted by Gasteiger charge is 2.10. The van der Waals surface area contributed by atoms with Crippen molar-refractivity contribution >= 4 is 38.6 Å². The summed E-state index contributed by atoms with van der Waals surface area (Å²) >= 11 is 4.68. The number of rotatable bonds is 3. The molecule has 0 saturated carbocycles. The molecule has 3 aromatic rings. The molecule has 0 bridgehead atoms. The molecule has 0 aliphatic rings. The standard InChI is InChI=1S/C16H12BrFN2OS/c1-20-15(21)12-4-2-3-5-14(12)19-16(20)22-9-10-8-11(17)6-7-13(10)18/h2-8H,9H2,1H3. The zero-order valence-corrected chi connectivity index (χ0v) is 14.1. The normalized spacial score (nSPS) is 11.0. The van der Waals surface area contributed by atoms with Crippen LogP contribution in [-0.2, 0) is 12.8 Å². The fourth-order valence-corrected chi connectivity index (χ4v) is 3.48. The van der Waals surface area contributed by atoms with Gasteiger partial charge in [0.2, 0.25) is 0 Å². The summed E-state index contributed by atoms with van der Waals surface area (Å²) in [5, 5.41) is 1.16. The maximum Gasteiger partial charge on any atom is 0.261 e. The molecule has 0 aliphatic heterocycles. The second-order valence-electron chi connectivity index (χ2n) is 4.80. The molecule has 22 heavy (non-hydrogen) atoms. The fourth-order valence-electron chi connectivity index (χ4n) is 2.12. The van der Waals surface area contributed by atoms with Crippen molar-refractivity contribution in [3.63, 3.8) is 0 Å². The van der Waals surface area contributed by atoms with Gasteiger partial charge in [0.05, 0.1) is 10.9 Å². The van der Waals surface area contributed by atoms with Crippen molar-refractivity contribution in [2.24, 2.45) is 7.05 Å².